The summed E-state index contributed by atoms with van der Waals surface area (Å²) in [5.41, 5.74) is 1.71. The molecule has 7 nitrogen and oxygen atoms in total. The summed E-state index contributed by atoms with van der Waals surface area (Å²) < 4.78 is 6.79. The number of rotatable bonds is 9. The fourth-order valence-corrected chi connectivity index (χ4v) is 3.11. The molecule has 30 heavy (non-hydrogen) atoms. The molecule has 1 heterocycles. The minimum atomic E-state index is -1.16. The van der Waals surface area contributed by atoms with Crippen LogP contribution >= 0.6 is 0 Å². The van der Waals surface area contributed by atoms with Crippen molar-refractivity contribution >= 4 is 17.7 Å². The second-order valence-electron chi connectivity index (χ2n) is 6.58. The number of ether oxygens (including phenoxy) is 1. The Kier molecular flexibility index (Phi) is 6.92. The highest BCUT2D eigenvalue weighted by molar-refractivity contribution is 5.67. The summed E-state index contributed by atoms with van der Waals surface area (Å²) in [4.78, 5) is 38.9. The lowest BCUT2D eigenvalue weighted by Gasteiger charge is -2.15. The van der Waals surface area contributed by atoms with Crippen molar-refractivity contribution < 1.29 is 19.4 Å². The first-order valence-corrected chi connectivity index (χ1v) is 9.35. The second kappa shape index (κ2) is 10.0. The fourth-order valence-electron chi connectivity index (χ4n) is 3.11. The number of nitrogens with zero attached hydrogens (tertiary/aromatic N) is 2. The molecular formula is C23H20N2O5. The molecule has 0 spiro atoms. The summed E-state index contributed by atoms with van der Waals surface area (Å²) in [6.45, 7) is -0.354. The van der Waals surface area contributed by atoms with Crippen molar-refractivity contribution in [2.24, 2.45) is 4.99 Å². The van der Waals surface area contributed by atoms with Crippen LogP contribution in [0.1, 0.15) is 16.8 Å². The van der Waals surface area contributed by atoms with E-state index < -0.39 is 18.1 Å². The fraction of sp³-hybridized carbons (Fsp3) is 0.174. The van der Waals surface area contributed by atoms with E-state index in [4.69, 9.17) is 4.74 Å². The van der Waals surface area contributed by atoms with E-state index in [0.717, 1.165) is 15.7 Å². The van der Waals surface area contributed by atoms with Crippen molar-refractivity contribution in [2.45, 2.75) is 19.4 Å². The Morgan fingerprint density at radius 3 is 2.27 bits per heavy atom. The van der Waals surface area contributed by atoms with Crippen LogP contribution in [0.3, 0.4) is 0 Å². The molecule has 0 saturated carbocycles. The minimum Gasteiger partial charge on any atom is -0.486 e. The molecule has 0 bridgehead atoms. The lowest BCUT2D eigenvalue weighted by atomic mass is 10.1. The quantitative estimate of drug-likeness (QED) is 0.436. The zero-order valence-electron chi connectivity index (χ0n) is 16.2. The maximum atomic E-state index is 13.0. The monoisotopic (exact) mass is 404 g/mol. The molecule has 0 aliphatic heterocycles. The SMILES string of the molecule is O=C=Nc1cc(Cc2ccccc2)n(CC(=O)O)c(=O)c1OCCc1ccccc1. The molecule has 0 saturated heterocycles. The normalized spacial score (nSPS) is 10.3. The number of carboxylic acid groups (broad SMARTS) is 1. The molecule has 0 radical (unpaired) electrons. The van der Waals surface area contributed by atoms with Crippen molar-refractivity contribution in [3.05, 3.63) is 93.9 Å². The van der Waals surface area contributed by atoms with E-state index in [2.05, 4.69) is 4.99 Å². The summed E-state index contributed by atoms with van der Waals surface area (Å²) in [6.07, 6.45) is 2.28. The van der Waals surface area contributed by atoms with Gasteiger partial charge in [-0.3, -0.25) is 14.2 Å². The summed E-state index contributed by atoms with van der Waals surface area (Å²) in [7, 11) is 0. The third kappa shape index (κ3) is 5.31. The van der Waals surface area contributed by atoms with Gasteiger partial charge in [0.05, 0.1) is 6.61 Å². The lowest BCUT2D eigenvalue weighted by Crippen LogP contribution is -2.28. The number of carbonyl (C=O) groups excluding carboxylic acids is 1. The van der Waals surface area contributed by atoms with Gasteiger partial charge in [-0.2, -0.15) is 4.99 Å². The molecule has 0 unspecified atom stereocenters. The van der Waals surface area contributed by atoms with Gasteiger partial charge in [0.25, 0.3) is 5.56 Å². The van der Waals surface area contributed by atoms with Gasteiger partial charge >= 0.3 is 5.97 Å². The summed E-state index contributed by atoms with van der Waals surface area (Å²) in [5.74, 6) is -1.32. The molecule has 1 aromatic heterocycles. The Hall–Kier alpha value is -3.96. The van der Waals surface area contributed by atoms with Crippen LogP contribution in [0.2, 0.25) is 0 Å². The van der Waals surface area contributed by atoms with Gasteiger partial charge < -0.3 is 9.84 Å². The average Bonchev–Trinajstić information content (AvgIpc) is 2.74. The van der Waals surface area contributed by atoms with E-state index in [-0.39, 0.29) is 18.0 Å². The maximum absolute atomic E-state index is 13.0. The van der Waals surface area contributed by atoms with E-state index in [9.17, 15) is 19.5 Å². The third-order valence-electron chi connectivity index (χ3n) is 4.49. The highest BCUT2D eigenvalue weighted by Gasteiger charge is 2.18. The highest BCUT2D eigenvalue weighted by atomic mass is 16.5. The maximum Gasteiger partial charge on any atom is 0.323 e. The van der Waals surface area contributed by atoms with Gasteiger partial charge in [0, 0.05) is 18.5 Å². The van der Waals surface area contributed by atoms with Gasteiger partial charge in [-0.15, -0.1) is 0 Å². The topological polar surface area (TPSA) is 98.0 Å². The number of aromatic nitrogens is 1. The summed E-state index contributed by atoms with van der Waals surface area (Å²) in [6, 6.07) is 20.3. The third-order valence-corrected chi connectivity index (χ3v) is 4.49. The van der Waals surface area contributed by atoms with Gasteiger partial charge in [-0.05, 0) is 17.2 Å². The predicted molar refractivity (Wildman–Crippen MR) is 111 cm³/mol. The van der Waals surface area contributed by atoms with Crippen LogP contribution in [0, 0.1) is 0 Å². The average molecular weight is 404 g/mol. The largest absolute Gasteiger partial charge is 0.486 e. The van der Waals surface area contributed by atoms with E-state index in [1.165, 1.54) is 12.1 Å². The number of aliphatic carboxylic acids is 1. The predicted octanol–water partition coefficient (Wildman–Crippen LogP) is 3.11. The van der Waals surface area contributed by atoms with Crippen LogP contribution in [0.5, 0.6) is 5.75 Å². The van der Waals surface area contributed by atoms with Crippen molar-refractivity contribution in [3.63, 3.8) is 0 Å². The molecule has 1 N–H and O–H groups in total. The summed E-state index contributed by atoms with van der Waals surface area (Å²) in [5, 5.41) is 9.28. The first kappa shape index (κ1) is 20.8. The van der Waals surface area contributed by atoms with E-state index in [0.29, 0.717) is 18.5 Å². The molecule has 0 aliphatic rings. The molecule has 0 amide bonds. The van der Waals surface area contributed by atoms with Gasteiger partial charge in [-0.1, -0.05) is 60.7 Å². The van der Waals surface area contributed by atoms with Crippen LogP contribution in [0.15, 0.2) is 76.5 Å². The van der Waals surface area contributed by atoms with Crippen LogP contribution in [0.4, 0.5) is 5.69 Å². The van der Waals surface area contributed by atoms with Crippen LogP contribution < -0.4 is 10.3 Å². The molecule has 152 valence electrons. The molecule has 0 aliphatic carbocycles. The molecular weight excluding hydrogens is 384 g/mol. The van der Waals surface area contributed by atoms with Gasteiger partial charge in [0.1, 0.15) is 12.2 Å². The Morgan fingerprint density at radius 1 is 1.03 bits per heavy atom. The number of aliphatic imine (C=N–C) groups is 1. The Labute approximate surface area is 172 Å². The van der Waals surface area contributed by atoms with Crippen LogP contribution in [-0.2, 0) is 29.0 Å². The van der Waals surface area contributed by atoms with Crippen molar-refractivity contribution in [1.82, 2.24) is 4.57 Å². The van der Waals surface area contributed by atoms with Crippen molar-refractivity contribution in [3.8, 4) is 5.75 Å². The van der Waals surface area contributed by atoms with Gasteiger partial charge in [0.2, 0.25) is 11.8 Å². The van der Waals surface area contributed by atoms with E-state index >= 15 is 0 Å². The zero-order chi connectivity index (χ0) is 21.3. The molecule has 0 atom stereocenters. The van der Waals surface area contributed by atoms with Crippen LogP contribution in [0.25, 0.3) is 0 Å². The Bertz CT molecular complexity index is 1120. The number of pyridine rings is 1. The number of carboxylic acids is 1. The van der Waals surface area contributed by atoms with Gasteiger partial charge in [0.15, 0.2) is 0 Å². The number of hydrogen-bond donors (Lipinski definition) is 1. The van der Waals surface area contributed by atoms with E-state index in [1.54, 1.807) is 0 Å². The van der Waals surface area contributed by atoms with E-state index in [1.807, 2.05) is 60.7 Å². The lowest BCUT2D eigenvalue weighted by molar-refractivity contribution is -0.137. The number of isocyanates is 1. The summed E-state index contributed by atoms with van der Waals surface area (Å²) >= 11 is 0. The number of benzene rings is 2. The molecule has 3 aromatic rings. The number of carbonyl (C=O) groups is 1. The number of hydrogen-bond acceptors (Lipinski definition) is 5. The molecule has 0 fully saturated rings. The highest BCUT2D eigenvalue weighted by Crippen LogP contribution is 2.26. The zero-order valence-corrected chi connectivity index (χ0v) is 16.2. The minimum absolute atomic E-state index is 0.0376. The Morgan fingerprint density at radius 2 is 1.67 bits per heavy atom. The Balaban J connectivity index is 1.97. The smallest absolute Gasteiger partial charge is 0.323 e. The van der Waals surface area contributed by atoms with Crippen molar-refractivity contribution in [2.75, 3.05) is 6.61 Å². The van der Waals surface area contributed by atoms with Crippen molar-refractivity contribution in [1.29, 1.82) is 0 Å². The molecule has 3 rings (SSSR count). The molecule has 7 heteroatoms. The van der Waals surface area contributed by atoms with Crippen LogP contribution in [-0.4, -0.2) is 28.3 Å². The first-order valence-electron chi connectivity index (χ1n) is 9.35. The second-order valence-corrected chi connectivity index (χ2v) is 6.58. The molecule has 2 aromatic carbocycles. The standard InChI is InChI=1S/C23H20N2O5/c26-16-24-20-14-19(13-18-9-5-2-6-10-18)25(15-21(27)28)23(29)22(20)30-12-11-17-7-3-1-4-8-17/h1-10,14H,11-13,15H2,(H,27,28). The van der Waals surface area contributed by atoms with Gasteiger partial charge in [-0.25, -0.2) is 4.79 Å². The first-order chi connectivity index (χ1) is 14.6.